The Labute approximate surface area is 144 Å². The van der Waals surface area contributed by atoms with Crippen molar-refractivity contribution in [3.63, 3.8) is 0 Å². The molecule has 2 aliphatic rings. The SMILES string of the molecule is Nc1c2c(nn1C(=O)C1CCNc3c(Cl)cccc31)CC[C@@H](O)C2. The Balaban J connectivity index is 1.73. The van der Waals surface area contributed by atoms with E-state index in [9.17, 15) is 9.90 Å². The Bertz CT molecular complexity index is 817. The van der Waals surface area contributed by atoms with Gasteiger partial charge < -0.3 is 16.2 Å². The van der Waals surface area contributed by atoms with Crippen LogP contribution in [0.15, 0.2) is 18.2 Å². The summed E-state index contributed by atoms with van der Waals surface area (Å²) in [6, 6.07) is 5.57. The summed E-state index contributed by atoms with van der Waals surface area (Å²) < 4.78 is 1.32. The number of nitrogens with two attached hydrogens (primary N) is 1. The van der Waals surface area contributed by atoms with Gasteiger partial charge in [-0.3, -0.25) is 4.79 Å². The van der Waals surface area contributed by atoms with Gasteiger partial charge in [-0.05, 0) is 30.9 Å². The van der Waals surface area contributed by atoms with Gasteiger partial charge >= 0.3 is 0 Å². The summed E-state index contributed by atoms with van der Waals surface area (Å²) in [5.41, 5.74) is 9.50. The Morgan fingerprint density at radius 1 is 1.42 bits per heavy atom. The first-order valence-electron chi connectivity index (χ1n) is 8.17. The van der Waals surface area contributed by atoms with Crippen molar-refractivity contribution in [2.75, 3.05) is 17.6 Å². The van der Waals surface area contributed by atoms with Gasteiger partial charge in [0.1, 0.15) is 5.82 Å². The summed E-state index contributed by atoms with van der Waals surface area (Å²) in [6.45, 7) is 0.673. The average Bonchev–Trinajstić information content (AvgIpc) is 2.91. The molecule has 0 bridgehead atoms. The number of para-hydroxylation sites is 1. The zero-order valence-corrected chi connectivity index (χ0v) is 13.9. The molecule has 1 unspecified atom stereocenters. The molecule has 0 radical (unpaired) electrons. The van der Waals surface area contributed by atoms with Gasteiger partial charge in [-0.2, -0.15) is 9.78 Å². The third kappa shape index (κ3) is 2.37. The van der Waals surface area contributed by atoms with Crippen LogP contribution < -0.4 is 11.1 Å². The van der Waals surface area contributed by atoms with E-state index >= 15 is 0 Å². The van der Waals surface area contributed by atoms with Crippen molar-refractivity contribution < 1.29 is 9.90 Å². The first-order chi connectivity index (χ1) is 11.6. The molecule has 2 heterocycles. The minimum absolute atomic E-state index is 0.138. The van der Waals surface area contributed by atoms with E-state index in [0.717, 1.165) is 22.5 Å². The van der Waals surface area contributed by atoms with E-state index in [1.54, 1.807) is 0 Å². The average molecular weight is 347 g/mol. The number of aliphatic hydroxyl groups is 1. The molecule has 1 aliphatic carbocycles. The first-order valence-corrected chi connectivity index (χ1v) is 8.55. The molecule has 2 atom stereocenters. The molecule has 4 rings (SSSR count). The van der Waals surface area contributed by atoms with Crippen molar-refractivity contribution >= 4 is 29.0 Å². The number of anilines is 2. The highest BCUT2D eigenvalue weighted by atomic mass is 35.5. The zero-order chi connectivity index (χ0) is 16.8. The maximum Gasteiger partial charge on any atom is 0.256 e. The Morgan fingerprint density at radius 2 is 2.25 bits per heavy atom. The van der Waals surface area contributed by atoms with Crippen LogP contribution in [0.3, 0.4) is 0 Å². The number of aromatic nitrogens is 2. The molecule has 0 fully saturated rings. The van der Waals surface area contributed by atoms with Crippen molar-refractivity contribution in [1.29, 1.82) is 0 Å². The molecule has 6 nitrogen and oxygen atoms in total. The molecule has 24 heavy (non-hydrogen) atoms. The van der Waals surface area contributed by atoms with Crippen molar-refractivity contribution in [1.82, 2.24) is 9.78 Å². The highest BCUT2D eigenvalue weighted by molar-refractivity contribution is 6.33. The van der Waals surface area contributed by atoms with E-state index in [2.05, 4.69) is 10.4 Å². The zero-order valence-electron chi connectivity index (χ0n) is 13.1. The van der Waals surface area contributed by atoms with Gasteiger partial charge in [0.25, 0.3) is 5.91 Å². The molecule has 1 aliphatic heterocycles. The molecular formula is C17H19ClN4O2. The number of fused-ring (bicyclic) bond motifs is 2. The summed E-state index contributed by atoms with van der Waals surface area (Å²) in [5.74, 6) is -0.106. The molecule has 1 aromatic carbocycles. The Hall–Kier alpha value is -2.05. The number of hydrogen-bond donors (Lipinski definition) is 3. The van der Waals surface area contributed by atoms with E-state index in [0.29, 0.717) is 43.1 Å². The fourth-order valence-electron chi connectivity index (χ4n) is 3.66. The summed E-state index contributed by atoms with van der Waals surface area (Å²) in [5, 5.41) is 18.1. The fourth-order valence-corrected chi connectivity index (χ4v) is 3.91. The van der Waals surface area contributed by atoms with Gasteiger partial charge in [0.05, 0.1) is 28.4 Å². The van der Waals surface area contributed by atoms with Crippen LogP contribution in [0.2, 0.25) is 5.02 Å². The number of aliphatic hydroxyl groups excluding tert-OH is 1. The maximum atomic E-state index is 13.1. The predicted molar refractivity (Wildman–Crippen MR) is 92.6 cm³/mol. The van der Waals surface area contributed by atoms with E-state index < -0.39 is 6.10 Å². The van der Waals surface area contributed by atoms with Gasteiger partial charge in [-0.1, -0.05) is 23.7 Å². The molecule has 126 valence electrons. The third-order valence-corrected chi connectivity index (χ3v) is 5.24. The molecule has 7 heteroatoms. The van der Waals surface area contributed by atoms with Crippen LogP contribution in [0.1, 0.15) is 40.4 Å². The number of nitrogens with zero attached hydrogens (tertiary/aromatic N) is 2. The lowest BCUT2D eigenvalue weighted by Gasteiger charge is -2.26. The molecule has 0 amide bonds. The summed E-state index contributed by atoms with van der Waals surface area (Å²) in [6.07, 6.45) is 2.02. The molecular weight excluding hydrogens is 328 g/mol. The molecule has 0 saturated heterocycles. The predicted octanol–water partition coefficient (Wildman–Crippen LogP) is 2.21. The van der Waals surface area contributed by atoms with Crippen molar-refractivity contribution in [2.45, 2.75) is 37.7 Å². The molecule has 2 aromatic rings. The Kier molecular flexibility index (Phi) is 3.73. The normalized spacial score (nSPS) is 22.4. The number of halogens is 1. The van der Waals surface area contributed by atoms with Crippen LogP contribution in [0, 0.1) is 0 Å². The lowest BCUT2D eigenvalue weighted by molar-refractivity contribution is 0.0859. The summed E-state index contributed by atoms with van der Waals surface area (Å²) in [7, 11) is 0. The quantitative estimate of drug-likeness (QED) is 0.736. The number of nitrogen functional groups attached to an aromatic ring is 1. The largest absolute Gasteiger partial charge is 0.393 e. The highest BCUT2D eigenvalue weighted by Crippen LogP contribution is 2.38. The molecule has 4 N–H and O–H groups in total. The smallest absolute Gasteiger partial charge is 0.256 e. The van der Waals surface area contributed by atoms with Crippen LogP contribution in [-0.4, -0.2) is 33.4 Å². The number of carbonyl (C=O) groups is 1. The monoisotopic (exact) mass is 346 g/mol. The lowest BCUT2D eigenvalue weighted by atomic mass is 9.90. The number of rotatable bonds is 1. The fraction of sp³-hybridized carbons (Fsp3) is 0.412. The van der Waals surface area contributed by atoms with Gasteiger partial charge in [0.2, 0.25) is 0 Å². The van der Waals surface area contributed by atoms with Gasteiger partial charge in [-0.25, -0.2) is 0 Å². The van der Waals surface area contributed by atoms with Crippen LogP contribution >= 0.6 is 11.6 Å². The highest BCUT2D eigenvalue weighted by Gasteiger charge is 2.32. The van der Waals surface area contributed by atoms with Crippen LogP contribution in [0.5, 0.6) is 0 Å². The second-order valence-electron chi connectivity index (χ2n) is 6.43. The molecule has 1 aromatic heterocycles. The first kappa shape index (κ1) is 15.5. The second-order valence-corrected chi connectivity index (χ2v) is 6.84. The maximum absolute atomic E-state index is 13.1. The number of carbonyl (C=O) groups excluding carboxylic acids is 1. The molecule has 0 spiro atoms. The number of nitrogens with one attached hydrogen (secondary N) is 1. The van der Waals surface area contributed by atoms with Crippen molar-refractivity contribution in [3.8, 4) is 0 Å². The van der Waals surface area contributed by atoms with Crippen LogP contribution in [0.25, 0.3) is 0 Å². The minimum atomic E-state index is -0.411. The lowest BCUT2D eigenvalue weighted by Crippen LogP contribution is -2.28. The van der Waals surface area contributed by atoms with Gasteiger partial charge in [0, 0.05) is 18.5 Å². The van der Waals surface area contributed by atoms with Crippen molar-refractivity contribution in [2.24, 2.45) is 0 Å². The number of hydrogen-bond acceptors (Lipinski definition) is 5. The minimum Gasteiger partial charge on any atom is -0.393 e. The van der Waals surface area contributed by atoms with E-state index in [4.69, 9.17) is 17.3 Å². The van der Waals surface area contributed by atoms with E-state index in [1.807, 2.05) is 18.2 Å². The molecule has 0 saturated carbocycles. The van der Waals surface area contributed by atoms with Gasteiger partial charge in [-0.15, -0.1) is 0 Å². The Morgan fingerprint density at radius 3 is 3.08 bits per heavy atom. The second kappa shape index (κ2) is 5.79. The summed E-state index contributed by atoms with van der Waals surface area (Å²) >= 11 is 6.24. The number of benzene rings is 1. The van der Waals surface area contributed by atoms with E-state index in [-0.39, 0.29) is 11.8 Å². The summed E-state index contributed by atoms with van der Waals surface area (Å²) in [4.78, 5) is 13.1. The topological polar surface area (TPSA) is 93.2 Å². The van der Waals surface area contributed by atoms with Crippen molar-refractivity contribution in [3.05, 3.63) is 40.0 Å². The number of aryl methyl sites for hydroxylation is 1. The third-order valence-electron chi connectivity index (χ3n) is 4.92. The van der Waals surface area contributed by atoms with Crippen LogP contribution in [0.4, 0.5) is 11.5 Å². The van der Waals surface area contributed by atoms with E-state index in [1.165, 1.54) is 4.68 Å². The standard InChI is InChI=1S/C17H19ClN4O2/c18-13-3-1-2-10-11(6-7-20-15(10)13)17(24)22-16(19)12-8-9(23)4-5-14(12)21-22/h1-3,9,11,20,23H,4-8,19H2/t9-,11?/m1/s1. The van der Waals surface area contributed by atoms with Crippen LogP contribution in [-0.2, 0) is 12.8 Å². The van der Waals surface area contributed by atoms with Gasteiger partial charge in [0.15, 0.2) is 0 Å².